The topological polar surface area (TPSA) is 32.3 Å². The zero-order valence-electron chi connectivity index (χ0n) is 12.4. The van der Waals surface area contributed by atoms with E-state index in [9.17, 15) is 9.18 Å². The summed E-state index contributed by atoms with van der Waals surface area (Å²) in [5.41, 5.74) is 1.45. The van der Waals surface area contributed by atoms with Gasteiger partial charge in [-0.2, -0.15) is 0 Å². The zero-order chi connectivity index (χ0) is 15.4. The average Bonchev–Trinajstić information content (AvgIpc) is 2.86. The minimum absolute atomic E-state index is 0.211. The normalized spacial score (nSPS) is 12.4. The minimum Gasteiger partial charge on any atom is -0.322 e. The SMILES string of the molecule is Cc1ccsc1CN(C)[C@H](C)C(=O)Nc1ccccc1F. The van der Waals surface area contributed by atoms with Crippen LogP contribution in [0.4, 0.5) is 10.1 Å². The van der Waals surface area contributed by atoms with Crippen LogP contribution in [0.5, 0.6) is 0 Å². The first-order chi connectivity index (χ1) is 9.99. The Morgan fingerprint density at radius 1 is 1.38 bits per heavy atom. The molecule has 1 amide bonds. The van der Waals surface area contributed by atoms with Gasteiger partial charge in [0, 0.05) is 11.4 Å². The molecule has 112 valence electrons. The maximum atomic E-state index is 13.5. The van der Waals surface area contributed by atoms with Crippen molar-refractivity contribution in [2.75, 3.05) is 12.4 Å². The molecule has 0 aliphatic heterocycles. The second-order valence-corrected chi connectivity index (χ2v) is 6.09. The molecule has 0 aliphatic carbocycles. The van der Waals surface area contributed by atoms with Crippen LogP contribution in [-0.4, -0.2) is 23.9 Å². The summed E-state index contributed by atoms with van der Waals surface area (Å²) in [6.07, 6.45) is 0. The van der Waals surface area contributed by atoms with Crippen molar-refractivity contribution >= 4 is 22.9 Å². The number of amides is 1. The predicted molar refractivity (Wildman–Crippen MR) is 85.0 cm³/mol. The monoisotopic (exact) mass is 306 g/mol. The molecule has 0 bridgehead atoms. The van der Waals surface area contributed by atoms with Crippen LogP contribution in [0.2, 0.25) is 0 Å². The first-order valence-corrected chi connectivity index (χ1v) is 7.65. The lowest BCUT2D eigenvalue weighted by molar-refractivity contribution is -0.120. The van der Waals surface area contributed by atoms with Crippen molar-refractivity contribution in [3.8, 4) is 0 Å². The molecule has 0 aliphatic rings. The van der Waals surface area contributed by atoms with Crippen LogP contribution in [0.15, 0.2) is 35.7 Å². The third-order valence-corrected chi connectivity index (χ3v) is 4.54. The van der Waals surface area contributed by atoms with Crippen LogP contribution in [0.25, 0.3) is 0 Å². The molecule has 3 nitrogen and oxygen atoms in total. The van der Waals surface area contributed by atoms with Crippen LogP contribution in [-0.2, 0) is 11.3 Å². The average molecular weight is 306 g/mol. The fraction of sp³-hybridized carbons (Fsp3) is 0.312. The van der Waals surface area contributed by atoms with Gasteiger partial charge in [0.15, 0.2) is 0 Å². The van der Waals surface area contributed by atoms with E-state index in [1.54, 1.807) is 29.5 Å². The molecular formula is C16H19FN2OS. The van der Waals surface area contributed by atoms with Gasteiger partial charge in [-0.15, -0.1) is 11.3 Å². The number of hydrogen-bond donors (Lipinski definition) is 1. The molecule has 1 aromatic carbocycles. The fourth-order valence-electron chi connectivity index (χ4n) is 1.93. The quantitative estimate of drug-likeness (QED) is 0.914. The van der Waals surface area contributed by atoms with Gasteiger partial charge in [0.1, 0.15) is 5.82 Å². The van der Waals surface area contributed by atoms with Gasteiger partial charge in [-0.05, 0) is 50.0 Å². The van der Waals surface area contributed by atoms with Crippen molar-refractivity contribution in [3.05, 3.63) is 52.0 Å². The first kappa shape index (κ1) is 15.7. The van der Waals surface area contributed by atoms with Gasteiger partial charge in [-0.3, -0.25) is 9.69 Å². The number of carbonyl (C=O) groups excluding carboxylic acids is 1. The molecule has 0 unspecified atom stereocenters. The van der Waals surface area contributed by atoms with E-state index < -0.39 is 5.82 Å². The molecular weight excluding hydrogens is 287 g/mol. The lowest BCUT2D eigenvalue weighted by atomic mass is 10.2. The van der Waals surface area contributed by atoms with Gasteiger partial charge in [0.05, 0.1) is 11.7 Å². The van der Waals surface area contributed by atoms with Gasteiger partial charge in [0.2, 0.25) is 5.91 Å². The Labute approximate surface area is 128 Å². The van der Waals surface area contributed by atoms with Crippen molar-refractivity contribution < 1.29 is 9.18 Å². The maximum Gasteiger partial charge on any atom is 0.241 e. The lowest BCUT2D eigenvalue weighted by Crippen LogP contribution is -2.39. The predicted octanol–water partition coefficient (Wildman–Crippen LogP) is 3.65. The van der Waals surface area contributed by atoms with E-state index in [0.717, 1.165) is 0 Å². The summed E-state index contributed by atoms with van der Waals surface area (Å²) in [6, 6.07) is 7.91. The number of likely N-dealkylation sites (N-methyl/N-ethyl adjacent to an activating group) is 1. The van der Waals surface area contributed by atoms with Crippen LogP contribution in [0, 0.1) is 12.7 Å². The van der Waals surface area contributed by atoms with E-state index in [2.05, 4.69) is 18.3 Å². The maximum absolute atomic E-state index is 13.5. The molecule has 1 aromatic heterocycles. The van der Waals surface area contributed by atoms with Crippen molar-refractivity contribution in [1.82, 2.24) is 4.90 Å². The molecule has 2 aromatic rings. The highest BCUT2D eigenvalue weighted by Gasteiger charge is 2.20. The minimum atomic E-state index is -0.421. The van der Waals surface area contributed by atoms with Crippen LogP contribution in [0.3, 0.4) is 0 Å². The molecule has 1 heterocycles. The Balaban J connectivity index is 1.99. The first-order valence-electron chi connectivity index (χ1n) is 6.77. The summed E-state index contributed by atoms with van der Waals surface area (Å²) in [4.78, 5) is 15.4. The van der Waals surface area contributed by atoms with Gasteiger partial charge < -0.3 is 5.32 Å². The summed E-state index contributed by atoms with van der Waals surface area (Å²) in [7, 11) is 1.89. The van der Waals surface area contributed by atoms with Crippen LogP contribution >= 0.6 is 11.3 Å². The van der Waals surface area contributed by atoms with Crippen molar-refractivity contribution in [3.63, 3.8) is 0 Å². The smallest absolute Gasteiger partial charge is 0.241 e. The van der Waals surface area contributed by atoms with Crippen molar-refractivity contribution in [2.45, 2.75) is 26.4 Å². The molecule has 0 saturated carbocycles. The molecule has 5 heteroatoms. The fourth-order valence-corrected chi connectivity index (χ4v) is 2.90. The van der Waals surface area contributed by atoms with E-state index in [1.165, 1.54) is 16.5 Å². The Morgan fingerprint density at radius 2 is 2.10 bits per heavy atom. The summed E-state index contributed by atoms with van der Waals surface area (Å²) < 4.78 is 13.5. The van der Waals surface area contributed by atoms with Gasteiger partial charge in [0.25, 0.3) is 0 Å². The number of rotatable bonds is 5. The lowest BCUT2D eigenvalue weighted by Gasteiger charge is -2.23. The molecule has 1 atom stereocenters. The third-order valence-electron chi connectivity index (χ3n) is 3.53. The van der Waals surface area contributed by atoms with Crippen molar-refractivity contribution in [1.29, 1.82) is 0 Å². The summed E-state index contributed by atoms with van der Waals surface area (Å²) in [5, 5.41) is 4.68. The highest BCUT2D eigenvalue weighted by Crippen LogP contribution is 2.19. The number of thiophene rings is 1. The number of hydrogen-bond acceptors (Lipinski definition) is 3. The Bertz CT molecular complexity index is 626. The summed E-state index contributed by atoms with van der Waals surface area (Å²) in [5.74, 6) is -0.633. The highest BCUT2D eigenvalue weighted by molar-refractivity contribution is 7.10. The Hall–Kier alpha value is -1.72. The number of aryl methyl sites for hydroxylation is 1. The van der Waals surface area contributed by atoms with Crippen LogP contribution in [0.1, 0.15) is 17.4 Å². The second kappa shape index (κ2) is 6.83. The third kappa shape index (κ3) is 3.89. The molecule has 1 N–H and O–H groups in total. The molecule has 0 spiro atoms. The molecule has 21 heavy (non-hydrogen) atoms. The van der Waals surface area contributed by atoms with E-state index in [-0.39, 0.29) is 17.6 Å². The number of nitrogens with zero attached hydrogens (tertiary/aromatic N) is 1. The van der Waals surface area contributed by atoms with Crippen molar-refractivity contribution in [2.24, 2.45) is 0 Å². The number of carbonyl (C=O) groups is 1. The summed E-state index contributed by atoms with van der Waals surface area (Å²) in [6.45, 7) is 4.58. The zero-order valence-corrected chi connectivity index (χ0v) is 13.2. The van der Waals surface area contributed by atoms with Crippen LogP contribution < -0.4 is 5.32 Å². The van der Waals surface area contributed by atoms with E-state index >= 15 is 0 Å². The standard InChI is InChI=1S/C16H19FN2OS/c1-11-8-9-21-15(11)10-19(3)12(2)16(20)18-14-7-5-4-6-13(14)17/h4-9,12H,10H2,1-3H3,(H,18,20)/t12-/m1/s1. The Morgan fingerprint density at radius 3 is 2.71 bits per heavy atom. The Kier molecular flexibility index (Phi) is 5.09. The second-order valence-electron chi connectivity index (χ2n) is 5.09. The summed E-state index contributed by atoms with van der Waals surface area (Å²) >= 11 is 1.68. The number of nitrogens with one attached hydrogen (secondary N) is 1. The number of anilines is 1. The van der Waals surface area contributed by atoms with E-state index in [0.29, 0.717) is 6.54 Å². The van der Waals surface area contributed by atoms with E-state index in [1.807, 2.05) is 24.3 Å². The molecule has 0 radical (unpaired) electrons. The van der Waals surface area contributed by atoms with E-state index in [4.69, 9.17) is 0 Å². The molecule has 0 saturated heterocycles. The van der Waals surface area contributed by atoms with Gasteiger partial charge >= 0.3 is 0 Å². The van der Waals surface area contributed by atoms with Gasteiger partial charge in [-0.25, -0.2) is 4.39 Å². The number of benzene rings is 1. The largest absolute Gasteiger partial charge is 0.322 e. The molecule has 0 fully saturated rings. The number of halogens is 1. The molecule has 2 rings (SSSR count). The number of para-hydroxylation sites is 1. The van der Waals surface area contributed by atoms with Gasteiger partial charge in [-0.1, -0.05) is 12.1 Å². The highest BCUT2D eigenvalue weighted by atomic mass is 32.1.